The predicted molar refractivity (Wildman–Crippen MR) is 88.5 cm³/mol. The van der Waals surface area contributed by atoms with Crippen molar-refractivity contribution in [3.8, 4) is 11.4 Å². The van der Waals surface area contributed by atoms with E-state index in [1.807, 2.05) is 16.8 Å². The first-order valence-corrected chi connectivity index (χ1v) is 8.81. The largest absolute Gasteiger partial charge is 0.338 e. The van der Waals surface area contributed by atoms with Crippen molar-refractivity contribution in [1.29, 1.82) is 0 Å². The van der Waals surface area contributed by atoms with Gasteiger partial charge in [-0.25, -0.2) is 0 Å². The summed E-state index contributed by atoms with van der Waals surface area (Å²) in [5.74, 6) is 3.07. The molecule has 0 aliphatic carbocycles. The molecule has 0 aliphatic heterocycles. The van der Waals surface area contributed by atoms with E-state index in [1.54, 1.807) is 23.1 Å². The summed E-state index contributed by atoms with van der Waals surface area (Å²) in [5.41, 5.74) is 5.03. The number of nitrogens with zero attached hydrogens (tertiary/aromatic N) is 2. The second-order valence-electron chi connectivity index (χ2n) is 4.95. The second kappa shape index (κ2) is 6.45. The van der Waals surface area contributed by atoms with Gasteiger partial charge in [0, 0.05) is 16.7 Å². The first-order valence-electron chi connectivity index (χ1n) is 6.71. The van der Waals surface area contributed by atoms with Crippen LogP contribution in [0.15, 0.2) is 39.5 Å². The summed E-state index contributed by atoms with van der Waals surface area (Å²) in [5, 5.41) is 8.06. The molecule has 1 aromatic carbocycles. The lowest BCUT2D eigenvalue weighted by molar-refractivity contribution is 0.391. The smallest absolute Gasteiger partial charge is 0.236 e. The lowest BCUT2D eigenvalue weighted by Crippen LogP contribution is -1.89. The van der Waals surface area contributed by atoms with Gasteiger partial charge in [0.15, 0.2) is 0 Å². The van der Waals surface area contributed by atoms with Gasteiger partial charge in [-0.3, -0.25) is 0 Å². The van der Waals surface area contributed by atoms with E-state index < -0.39 is 0 Å². The zero-order valence-electron chi connectivity index (χ0n) is 12.0. The van der Waals surface area contributed by atoms with Gasteiger partial charge < -0.3 is 4.52 Å². The van der Waals surface area contributed by atoms with Gasteiger partial charge in [0.25, 0.3) is 0 Å². The first kappa shape index (κ1) is 14.4. The second-order valence-corrected chi connectivity index (χ2v) is 6.71. The first-order chi connectivity index (χ1) is 10.2. The third-order valence-electron chi connectivity index (χ3n) is 3.24. The van der Waals surface area contributed by atoms with Crippen LogP contribution < -0.4 is 0 Å². The highest BCUT2D eigenvalue weighted by Crippen LogP contribution is 2.23. The fourth-order valence-electron chi connectivity index (χ4n) is 2.03. The van der Waals surface area contributed by atoms with Gasteiger partial charge in [-0.1, -0.05) is 28.9 Å². The minimum absolute atomic E-state index is 0.679. The van der Waals surface area contributed by atoms with Crippen molar-refractivity contribution in [2.75, 3.05) is 0 Å². The van der Waals surface area contributed by atoms with Crippen molar-refractivity contribution < 1.29 is 4.52 Å². The number of thiophene rings is 1. The molecule has 0 fully saturated rings. The average Bonchev–Trinajstić information content (AvgIpc) is 3.13. The van der Waals surface area contributed by atoms with Crippen LogP contribution in [0.3, 0.4) is 0 Å². The van der Waals surface area contributed by atoms with Crippen LogP contribution in [0.1, 0.15) is 22.6 Å². The maximum absolute atomic E-state index is 5.30. The molecule has 0 bridgehead atoms. The van der Waals surface area contributed by atoms with E-state index in [4.69, 9.17) is 4.52 Å². The topological polar surface area (TPSA) is 38.9 Å². The van der Waals surface area contributed by atoms with Crippen molar-refractivity contribution in [2.45, 2.75) is 25.4 Å². The zero-order chi connectivity index (χ0) is 14.7. The van der Waals surface area contributed by atoms with Gasteiger partial charge in [0.1, 0.15) is 0 Å². The van der Waals surface area contributed by atoms with Crippen LogP contribution in [0.4, 0.5) is 0 Å². The Morgan fingerprint density at radius 2 is 2.10 bits per heavy atom. The lowest BCUT2D eigenvalue weighted by atomic mass is 10.1. The molecule has 0 unspecified atom stereocenters. The molecule has 2 aromatic heterocycles. The van der Waals surface area contributed by atoms with Gasteiger partial charge in [-0.05, 0) is 36.4 Å². The molecule has 0 atom stereocenters. The third kappa shape index (κ3) is 3.54. The molecule has 3 rings (SSSR count). The molecule has 2 heterocycles. The lowest BCUT2D eigenvalue weighted by Gasteiger charge is -2.05. The van der Waals surface area contributed by atoms with E-state index in [2.05, 4.69) is 42.2 Å². The number of rotatable bonds is 5. The fourth-order valence-corrected chi connectivity index (χ4v) is 3.59. The molecule has 0 aliphatic rings. The Bertz CT molecular complexity index is 720. The number of aryl methyl sites for hydroxylation is 2. The minimum Gasteiger partial charge on any atom is -0.338 e. The van der Waals surface area contributed by atoms with E-state index in [0.29, 0.717) is 11.7 Å². The molecule has 0 amide bonds. The van der Waals surface area contributed by atoms with E-state index in [-0.39, 0.29) is 0 Å². The number of thioether (sulfide) groups is 1. The van der Waals surface area contributed by atoms with E-state index >= 15 is 0 Å². The number of benzene rings is 1. The Morgan fingerprint density at radius 3 is 2.90 bits per heavy atom. The standard InChI is InChI=1S/C16H16N2OS2/c1-11-3-4-12(2)14(7-11)9-21-10-15-17-16(18-19-15)13-5-6-20-8-13/h3-8H,9-10H2,1-2H3. The maximum Gasteiger partial charge on any atom is 0.236 e. The molecular formula is C16H16N2OS2. The summed E-state index contributed by atoms with van der Waals surface area (Å²) in [4.78, 5) is 4.43. The van der Waals surface area contributed by atoms with E-state index in [0.717, 1.165) is 17.1 Å². The van der Waals surface area contributed by atoms with Crippen LogP contribution in [0.25, 0.3) is 11.4 Å². The summed E-state index contributed by atoms with van der Waals surface area (Å²) in [6.07, 6.45) is 0. The zero-order valence-corrected chi connectivity index (χ0v) is 13.6. The molecule has 3 aromatic rings. The average molecular weight is 316 g/mol. The normalized spacial score (nSPS) is 11.0. The molecule has 0 saturated heterocycles. The molecule has 21 heavy (non-hydrogen) atoms. The van der Waals surface area contributed by atoms with Crippen molar-refractivity contribution in [2.24, 2.45) is 0 Å². The molecule has 0 spiro atoms. The van der Waals surface area contributed by atoms with Crippen molar-refractivity contribution in [3.63, 3.8) is 0 Å². The van der Waals surface area contributed by atoms with Crippen LogP contribution in [0.2, 0.25) is 0 Å². The number of hydrogen-bond acceptors (Lipinski definition) is 5. The number of aromatic nitrogens is 2. The van der Waals surface area contributed by atoms with Crippen molar-refractivity contribution in [1.82, 2.24) is 10.1 Å². The van der Waals surface area contributed by atoms with Crippen LogP contribution in [-0.2, 0) is 11.5 Å². The van der Waals surface area contributed by atoms with Crippen molar-refractivity contribution in [3.05, 3.63) is 57.6 Å². The maximum atomic E-state index is 5.30. The van der Waals surface area contributed by atoms with Gasteiger partial charge in [0.05, 0.1) is 5.75 Å². The van der Waals surface area contributed by atoms with E-state index in [1.165, 1.54) is 16.7 Å². The Kier molecular flexibility index (Phi) is 4.41. The predicted octanol–water partition coefficient (Wildman–Crippen LogP) is 4.85. The van der Waals surface area contributed by atoms with Gasteiger partial charge >= 0.3 is 0 Å². The van der Waals surface area contributed by atoms with E-state index in [9.17, 15) is 0 Å². The summed E-state index contributed by atoms with van der Waals surface area (Å²) >= 11 is 3.43. The van der Waals surface area contributed by atoms with Crippen molar-refractivity contribution >= 4 is 23.1 Å². The summed E-state index contributed by atoms with van der Waals surface area (Å²) in [6.45, 7) is 4.27. The van der Waals surface area contributed by atoms with Crippen LogP contribution >= 0.6 is 23.1 Å². The number of hydrogen-bond donors (Lipinski definition) is 0. The van der Waals surface area contributed by atoms with Crippen LogP contribution in [0, 0.1) is 13.8 Å². The molecule has 0 radical (unpaired) electrons. The molecule has 3 nitrogen and oxygen atoms in total. The van der Waals surface area contributed by atoms with Gasteiger partial charge in [-0.2, -0.15) is 16.3 Å². The third-order valence-corrected chi connectivity index (χ3v) is 4.88. The summed E-state index contributed by atoms with van der Waals surface area (Å²) in [7, 11) is 0. The Morgan fingerprint density at radius 1 is 1.19 bits per heavy atom. The Balaban J connectivity index is 1.60. The molecular weight excluding hydrogens is 300 g/mol. The summed E-state index contributed by atoms with van der Waals surface area (Å²) < 4.78 is 5.30. The monoisotopic (exact) mass is 316 g/mol. The minimum atomic E-state index is 0.679. The molecule has 0 N–H and O–H groups in total. The quantitative estimate of drug-likeness (QED) is 0.674. The van der Waals surface area contributed by atoms with Gasteiger partial charge in [-0.15, -0.1) is 11.8 Å². The fraction of sp³-hybridized carbons (Fsp3) is 0.250. The highest BCUT2D eigenvalue weighted by atomic mass is 32.2. The molecule has 0 saturated carbocycles. The highest BCUT2D eigenvalue weighted by Gasteiger charge is 2.09. The Hall–Kier alpha value is -1.59. The van der Waals surface area contributed by atoms with Crippen LogP contribution in [0.5, 0.6) is 0 Å². The highest BCUT2D eigenvalue weighted by molar-refractivity contribution is 7.97. The molecule has 5 heteroatoms. The van der Waals surface area contributed by atoms with Crippen LogP contribution in [-0.4, -0.2) is 10.1 Å². The van der Waals surface area contributed by atoms with Gasteiger partial charge in [0.2, 0.25) is 11.7 Å². The molecule has 108 valence electrons. The SMILES string of the molecule is Cc1ccc(C)c(CSCc2nc(-c3ccsc3)no2)c1. The summed E-state index contributed by atoms with van der Waals surface area (Å²) in [6, 6.07) is 8.57. The Labute approximate surface area is 132 Å².